The number of aryl methyl sites for hydroxylation is 2. The van der Waals surface area contributed by atoms with E-state index in [2.05, 4.69) is 39.6 Å². The molecule has 0 saturated heterocycles. The molecule has 2 rings (SSSR count). The molecule has 0 aliphatic heterocycles. The first-order chi connectivity index (χ1) is 7.43. The lowest BCUT2D eigenvalue weighted by molar-refractivity contribution is 0.555. The second-order valence-corrected chi connectivity index (χ2v) is 4.85. The second kappa shape index (κ2) is 3.62. The summed E-state index contributed by atoms with van der Waals surface area (Å²) in [7, 11) is 0. The van der Waals surface area contributed by atoms with Gasteiger partial charge in [0.25, 0.3) is 0 Å². The number of fused-ring (bicyclic) bond motifs is 1. The molecule has 0 unspecified atom stereocenters. The zero-order valence-corrected chi connectivity index (χ0v) is 10.9. The average Bonchev–Trinajstić information content (AvgIpc) is 2.56. The van der Waals surface area contributed by atoms with Crippen molar-refractivity contribution in [1.82, 2.24) is 4.98 Å². The zero-order valence-electron chi connectivity index (χ0n) is 10.9. The van der Waals surface area contributed by atoms with Gasteiger partial charge in [0.1, 0.15) is 5.52 Å². The van der Waals surface area contributed by atoms with Gasteiger partial charge in [0.2, 0.25) is 0 Å². The van der Waals surface area contributed by atoms with E-state index in [9.17, 15) is 0 Å². The Labute approximate surface area is 96.7 Å². The molecule has 16 heavy (non-hydrogen) atoms. The Bertz CT molecular complexity index is 550. The summed E-state index contributed by atoms with van der Waals surface area (Å²) in [6.45, 7) is 12.8. The van der Waals surface area contributed by atoms with Gasteiger partial charge < -0.3 is 4.42 Å². The first-order valence-electron chi connectivity index (χ1n) is 5.80. The van der Waals surface area contributed by atoms with Gasteiger partial charge in [-0.2, -0.15) is 0 Å². The maximum atomic E-state index is 5.77. The summed E-state index contributed by atoms with van der Waals surface area (Å²) >= 11 is 0. The van der Waals surface area contributed by atoms with Crippen molar-refractivity contribution in [3.8, 4) is 0 Å². The lowest BCUT2D eigenvalue weighted by atomic mass is 9.91. The van der Waals surface area contributed by atoms with Crippen molar-refractivity contribution in [1.29, 1.82) is 0 Å². The molecule has 0 amide bonds. The first kappa shape index (κ1) is 11.2. The van der Waals surface area contributed by atoms with Crippen LogP contribution in [0.2, 0.25) is 0 Å². The molecule has 86 valence electrons. The molecular weight excluding hydrogens is 198 g/mol. The van der Waals surface area contributed by atoms with Gasteiger partial charge in [-0.3, -0.25) is 0 Å². The van der Waals surface area contributed by atoms with Crippen LogP contribution in [-0.4, -0.2) is 4.98 Å². The molecule has 0 aliphatic rings. The Morgan fingerprint density at radius 3 is 2.12 bits per heavy atom. The summed E-state index contributed by atoms with van der Waals surface area (Å²) in [5.74, 6) is 1.22. The van der Waals surface area contributed by atoms with Crippen molar-refractivity contribution in [2.75, 3.05) is 0 Å². The zero-order chi connectivity index (χ0) is 12.0. The number of hydrogen-bond acceptors (Lipinski definition) is 2. The van der Waals surface area contributed by atoms with Crippen molar-refractivity contribution >= 4 is 11.1 Å². The van der Waals surface area contributed by atoms with Gasteiger partial charge >= 0.3 is 0 Å². The molecular formula is C14H19NO. The van der Waals surface area contributed by atoms with E-state index >= 15 is 0 Å². The van der Waals surface area contributed by atoms with E-state index in [1.807, 2.05) is 6.92 Å². The minimum absolute atomic E-state index is 0.467. The summed E-state index contributed by atoms with van der Waals surface area (Å²) in [4.78, 5) is 4.49. The largest absolute Gasteiger partial charge is 0.441 e. The van der Waals surface area contributed by atoms with Crippen LogP contribution in [0, 0.1) is 27.7 Å². The fourth-order valence-corrected chi connectivity index (χ4v) is 2.39. The average molecular weight is 217 g/mol. The third kappa shape index (κ3) is 1.44. The van der Waals surface area contributed by atoms with Gasteiger partial charge in [0, 0.05) is 12.5 Å². The topological polar surface area (TPSA) is 26.0 Å². The van der Waals surface area contributed by atoms with Crippen LogP contribution in [0.15, 0.2) is 4.42 Å². The Balaban J connectivity index is 2.97. The van der Waals surface area contributed by atoms with Gasteiger partial charge in [0.15, 0.2) is 11.5 Å². The molecule has 2 aromatic rings. The molecule has 0 spiro atoms. The van der Waals surface area contributed by atoms with Gasteiger partial charge in [0.05, 0.1) is 0 Å². The first-order valence-corrected chi connectivity index (χ1v) is 5.80. The van der Waals surface area contributed by atoms with E-state index in [1.165, 1.54) is 22.3 Å². The molecule has 0 saturated carbocycles. The summed E-state index contributed by atoms with van der Waals surface area (Å²) in [5.41, 5.74) is 7.24. The Morgan fingerprint density at radius 1 is 0.938 bits per heavy atom. The smallest absolute Gasteiger partial charge is 0.192 e. The van der Waals surface area contributed by atoms with Crippen LogP contribution < -0.4 is 0 Å². The van der Waals surface area contributed by atoms with Crippen molar-refractivity contribution in [3.63, 3.8) is 0 Å². The molecule has 2 nitrogen and oxygen atoms in total. The van der Waals surface area contributed by atoms with Crippen molar-refractivity contribution in [2.24, 2.45) is 0 Å². The fourth-order valence-electron chi connectivity index (χ4n) is 2.39. The predicted molar refractivity (Wildman–Crippen MR) is 67.0 cm³/mol. The lowest BCUT2D eigenvalue weighted by Gasteiger charge is -2.14. The Morgan fingerprint density at radius 2 is 1.56 bits per heavy atom. The number of nitrogens with zero attached hydrogens (tertiary/aromatic N) is 1. The van der Waals surface area contributed by atoms with Crippen LogP contribution in [0.5, 0.6) is 0 Å². The van der Waals surface area contributed by atoms with Crippen molar-refractivity contribution < 1.29 is 4.42 Å². The van der Waals surface area contributed by atoms with Crippen LogP contribution in [0.1, 0.15) is 47.9 Å². The number of benzene rings is 1. The van der Waals surface area contributed by atoms with E-state index < -0.39 is 0 Å². The van der Waals surface area contributed by atoms with Gasteiger partial charge in [-0.05, 0) is 43.4 Å². The van der Waals surface area contributed by atoms with E-state index in [0.717, 1.165) is 17.0 Å². The van der Waals surface area contributed by atoms with Crippen LogP contribution in [0.25, 0.3) is 11.1 Å². The van der Waals surface area contributed by atoms with Crippen LogP contribution in [0.4, 0.5) is 0 Å². The molecule has 0 aliphatic carbocycles. The number of rotatable bonds is 1. The maximum Gasteiger partial charge on any atom is 0.192 e. The van der Waals surface area contributed by atoms with Crippen LogP contribution in [-0.2, 0) is 0 Å². The Hall–Kier alpha value is -1.31. The summed E-state index contributed by atoms with van der Waals surface area (Å²) in [6.07, 6.45) is 0. The highest BCUT2D eigenvalue weighted by atomic mass is 16.3. The number of oxazole rings is 1. The molecule has 1 aromatic carbocycles. The molecule has 0 radical (unpaired) electrons. The fraction of sp³-hybridized carbons (Fsp3) is 0.500. The van der Waals surface area contributed by atoms with Crippen molar-refractivity contribution in [2.45, 2.75) is 47.5 Å². The third-order valence-electron chi connectivity index (χ3n) is 3.44. The minimum Gasteiger partial charge on any atom is -0.441 e. The number of aromatic nitrogens is 1. The van der Waals surface area contributed by atoms with Crippen molar-refractivity contribution in [3.05, 3.63) is 28.1 Å². The van der Waals surface area contributed by atoms with Gasteiger partial charge in [-0.1, -0.05) is 13.8 Å². The highest BCUT2D eigenvalue weighted by Gasteiger charge is 2.18. The molecule has 0 fully saturated rings. The third-order valence-corrected chi connectivity index (χ3v) is 3.44. The van der Waals surface area contributed by atoms with E-state index in [4.69, 9.17) is 4.42 Å². The second-order valence-electron chi connectivity index (χ2n) is 4.85. The number of hydrogen-bond donors (Lipinski definition) is 0. The standard InChI is InChI=1S/C14H19NO/c1-7(2)12-9(4)8(3)10(5)13-14(12)16-11(6)15-13/h7H,1-6H3. The molecule has 0 bridgehead atoms. The van der Waals surface area contributed by atoms with Gasteiger partial charge in [-0.15, -0.1) is 0 Å². The molecule has 2 heteroatoms. The molecule has 1 heterocycles. The molecule has 0 N–H and O–H groups in total. The highest BCUT2D eigenvalue weighted by molar-refractivity contribution is 5.83. The highest BCUT2D eigenvalue weighted by Crippen LogP contribution is 2.34. The SMILES string of the molecule is Cc1nc2c(C)c(C)c(C)c(C(C)C)c2o1. The monoisotopic (exact) mass is 217 g/mol. The normalized spacial score (nSPS) is 11.7. The van der Waals surface area contributed by atoms with E-state index in [-0.39, 0.29) is 0 Å². The van der Waals surface area contributed by atoms with Crippen LogP contribution in [0.3, 0.4) is 0 Å². The maximum absolute atomic E-state index is 5.77. The molecule has 1 aromatic heterocycles. The van der Waals surface area contributed by atoms with Crippen LogP contribution >= 0.6 is 0 Å². The van der Waals surface area contributed by atoms with Gasteiger partial charge in [-0.25, -0.2) is 4.98 Å². The Kier molecular flexibility index (Phi) is 2.53. The van der Waals surface area contributed by atoms with E-state index in [0.29, 0.717) is 5.92 Å². The van der Waals surface area contributed by atoms with E-state index in [1.54, 1.807) is 0 Å². The lowest BCUT2D eigenvalue weighted by Crippen LogP contribution is -1.98. The summed E-state index contributed by atoms with van der Waals surface area (Å²) in [5, 5.41) is 0. The predicted octanol–water partition coefficient (Wildman–Crippen LogP) is 4.18. The summed E-state index contributed by atoms with van der Waals surface area (Å²) < 4.78 is 5.77. The quantitative estimate of drug-likeness (QED) is 0.716. The molecule has 0 atom stereocenters. The minimum atomic E-state index is 0.467. The summed E-state index contributed by atoms with van der Waals surface area (Å²) in [6, 6.07) is 0.